The second-order valence-corrected chi connectivity index (χ2v) is 5.70. The molecule has 0 radical (unpaired) electrons. The molecule has 6 nitrogen and oxygen atoms in total. The van der Waals surface area contributed by atoms with Crippen LogP contribution in [0.4, 0.5) is 0 Å². The molecular weight excluding hydrogens is 413 g/mol. The zero-order valence-corrected chi connectivity index (χ0v) is 16.4. The highest BCUT2D eigenvalue weighted by Crippen LogP contribution is 2.16. The van der Waals surface area contributed by atoms with Gasteiger partial charge in [-0.15, -0.1) is 41.9 Å². The standard InChI is InChI=1S/C14H23N5OS.HI/c1-5-6-16-14(18-10-12(20)19(3)4)17-9-11(2)13-15-7-8-21-13;/h5,7-8,11H,1,6,9-10H2,2-4H3,(H2,16,17,18);1H. The minimum absolute atomic E-state index is 0. The molecule has 0 spiro atoms. The van der Waals surface area contributed by atoms with Crippen molar-refractivity contribution >= 4 is 47.2 Å². The fourth-order valence-electron chi connectivity index (χ4n) is 1.45. The highest BCUT2D eigenvalue weighted by Gasteiger charge is 2.09. The monoisotopic (exact) mass is 437 g/mol. The average Bonchev–Trinajstić information content (AvgIpc) is 2.99. The van der Waals surface area contributed by atoms with Gasteiger partial charge >= 0.3 is 0 Å². The smallest absolute Gasteiger partial charge is 0.243 e. The zero-order valence-electron chi connectivity index (χ0n) is 13.2. The molecule has 0 aliphatic heterocycles. The predicted molar refractivity (Wildman–Crippen MR) is 103 cm³/mol. The Balaban J connectivity index is 0.00000441. The molecule has 0 fully saturated rings. The number of aliphatic imine (C=N–C) groups is 1. The number of thiazole rings is 1. The van der Waals surface area contributed by atoms with Crippen LogP contribution in [0.25, 0.3) is 0 Å². The summed E-state index contributed by atoms with van der Waals surface area (Å²) < 4.78 is 0. The Morgan fingerprint density at radius 3 is 2.82 bits per heavy atom. The Hall–Kier alpha value is -1.16. The number of hydrogen-bond acceptors (Lipinski definition) is 4. The van der Waals surface area contributed by atoms with Crippen LogP contribution in [-0.2, 0) is 4.79 Å². The Bertz CT molecular complexity index is 476. The third-order valence-corrected chi connectivity index (χ3v) is 3.74. The molecule has 0 saturated heterocycles. The predicted octanol–water partition coefficient (Wildman–Crippen LogP) is 1.67. The molecule has 124 valence electrons. The fourth-order valence-corrected chi connectivity index (χ4v) is 2.14. The number of nitrogens with zero attached hydrogens (tertiary/aromatic N) is 3. The van der Waals surface area contributed by atoms with E-state index < -0.39 is 0 Å². The first-order chi connectivity index (χ1) is 10.0. The SMILES string of the molecule is C=CCNC(=NCC(=O)N(C)C)NCC(C)c1nccs1.I. The zero-order chi connectivity index (χ0) is 15.7. The van der Waals surface area contributed by atoms with E-state index in [4.69, 9.17) is 0 Å². The third kappa shape index (κ3) is 7.74. The number of carbonyl (C=O) groups is 1. The number of likely N-dealkylation sites (N-methyl/N-ethyl adjacent to an activating group) is 1. The van der Waals surface area contributed by atoms with Crippen LogP contribution in [0.15, 0.2) is 29.2 Å². The van der Waals surface area contributed by atoms with E-state index in [2.05, 4.69) is 34.1 Å². The second-order valence-electron chi connectivity index (χ2n) is 4.77. The van der Waals surface area contributed by atoms with Crippen molar-refractivity contribution in [1.82, 2.24) is 20.5 Å². The van der Waals surface area contributed by atoms with Gasteiger partial charge in [0, 0.05) is 44.7 Å². The van der Waals surface area contributed by atoms with E-state index in [9.17, 15) is 4.79 Å². The van der Waals surface area contributed by atoms with Crippen LogP contribution in [0.2, 0.25) is 0 Å². The van der Waals surface area contributed by atoms with Crippen molar-refractivity contribution in [3.8, 4) is 0 Å². The number of carbonyl (C=O) groups excluding carboxylic acids is 1. The van der Waals surface area contributed by atoms with Gasteiger partial charge in [0.25, 0.3) is 0 Å². The van der Waals surface area contributed by atoms with Crippen molar-refractivity contribution in [2.75, 3.05) is 33.7 Å². The summed E-state index contributed by atoms with van der Waals surface area (Å²) in [5.41, 5.74) is 0. The van der Waals surface area contributed by atoms with Crippen LogP contribution in [0.3, 0.4) is 0 Å². The maximum atomic E-state index is 11.6. The Morgan fingerprint density at radius 2 is 2.27 bits per heavy atom. The van der Waals surface area contributed by atoms with E-state index in [0.717, 1.165) is 5.01 Å². The van der Waals surface area contributed by atoms with Gasteiger partial charge in [-0.25, -0.2) is 9.98 Å². The maximum absolute atomic E-state index is 11.6. The quantitative estimate of drug-likeness (QED) is 0.295. The van der Waals surface area contributed by atoms with Gasteiger partial charge in [-0.3, -0.25) is 4.79 Å². The minimum Gasteiger partial charge on any atom is -0.356 e. The summed E-state index contributed by atoms with van der Waals surface area (Å²) in [5.74, 6) is 0.849. The third-order valence-electron chi connectivity index (χ3n) is 2.73. The molecule has 0 aromatic carbocycles. The topological polar surface area (TPSA) is 69.6 Å². The van der Waals surface area contributed by atoms with Gasteiger partial charge in [-0.05, 0) is 0 Å². The Labute approximate surface area is 153 Å². The molecule has 1 aromatic heterocycles. The molecule has 1 aromatic rings. The Morgan fingerprint density at radius 1 is 1.55 bits per heavy atom. The van der Waals surface area contributed by atoms with Crippen molar-refractivity contribution in [2.45, 2.75) is 12.8 Å². The van der Waals surface area contributed by atoms with Crippen LogP contribution < -0.4 is 10.6 Å². The number of rotatable bonds is 7. The molecule has 0 aliphatic rings. The summed E-state index contributed by atoms with van der Waals surface area (Å²) in [6.07, 6.45) is 3.55. The largest absolute Gasteiger partial charge is 0.356 e. The fraction of sp³-hybridized carbons (Fsp3) is 0.500. The van der Waals surface area contributed by atoms with Gasteiger partial charge in [-0.2, -0.15) is 0 Å². The minimum atomic E-state index is -0.0392. The maximum Gasteiger partial charge on any atom is 0.243 e. The van der Waals surface area contributed by atoms with Gasteiger partial charge in [0.15, 0.2) is 5.96 Å². The van der Waals surface area contributed by atoms with E-state index in [1.54, 1.807) is 37.7 Å². The summed E-state index contributed by atoms with van der Waals surface area (Å²) in [4.78, 5) is 21.7. The first kappa shape index (κ1) is 20.8. The van der Waals surface area contributed by atoms with Crippen LogP contribution in [0.5, 0.6) is 0 Å². The summed E-state index contributed by atoms with van der Waals surface area (Å²) in [6, 6.07) is 0. The highest BCUT2D eigenvalue weighted by atomic mass is 127. The molecule has 0 saturated carbocycles. The van der Waals surface area contributed by atoms with E-state index in [0.29, 0.717) is 19.0 Å². The van der Waals surface area contributed by atoms with E-state index in [1.165, 1.54) is 4.90 Å². The van der Waals surface area contributed by atoms with E-state index >= 15 is 0 Å². The number of guanidine groups is 1. The molecule has 1 rings (SSSR count). The van der Waals surface area contributed by atoms with Gasteiger partial charge in [0.2, 0.25) is 5.91 Å². The van der Waals surface area contributed by atoms with Crippen molar-refractivity contribution in [2.24, 2.45) is 4.99 Å². The Kier molecular flexibility index (Phi) is 10.8. The molecule has 8 heteroatoms. The first-order valence-electron chi connectivity index (χ1n) is 6.77. The first-order valence-corrected chi connectivity index (χ1v) is 7.65. The lowest BCUT2D eigenvalue weighted by atomic mass is 10.2. The molecule has 1 amide bonds. The summed E-state index contributed by atoms with van der Waals surface area (Å²) in [7, 11) is 3.43. The molecule has 1 heterocycles. The molecule has 2 N–H and O–H groups in total. The van der Waals surface area contributed by atoms with Crippen molar-refractivity contribution in [1.29, 1.82) is 0 Å². The lowest BCUT2D eigenvalue weighted by molar-refractivity contribution is -0.127. The molecule has 0 aliphatic carbocycles. The molecular formula is C14H24IN5OS. The van der Waals surface area contributed by atoms with Crippen molar-refractivity contribution in [3.63, 3.8) is 0 Å². The van der Waals surface area contributed by atoms with E-state index in [-0.39, 0.29) is 42.3 Å². The summed E-state index contributed by atoms with van der Waals surface area (Å²) in [6.45, 7) is 7.17. The van der Waals surface area contributed by atoms with Crippen LogP contribution in [0.1, 0.15) is 17.8 Å². The van der Waals surface area contributed by atoms with Crippen molar-refractivity contribution in [3.05, 3.63) is 29.2 Å². The van der Waals surface area contributed by atoms with E-state index in [1.807, 2.05) is 5.38 Å². The van der Waals surface area contributed by atoms with Crippen LogP contribution in [0, 0.1) is 0 Å². The van der Waals surface area contributed by atoms with Gasteiger partial charge in [0.05, 0.1) is 5.01 Å². The second kappa shape index (κ2) is 11.4. The lowest BCUT2D eigenvalue weighted by Crippen LogP contribution is -2.40. The van der Waals surface area contributed by atoms with Gasteiger partial charge in [-0.1, -0.05) is 13.0 Å². The highest BCUT2D eigenvalue weighted by molar-refractivity contribution is 14.0. The van der Waals surface area contributed by atoms with Gasteiger partial charge < -0.3 is 15.5 Å². The number of aromatic nitrogens is 1. The number of nitrogens with one attached hydrogen (secondary N) is 2. The summed E-state index contributed by atoms with van der Waals surface area (Å²) in [5, 5.41) is 9.36. The van der Waals surface area contributed by atoms with Gasteiger partial charge in [0.1, 0.15) is 6.54 Å². The lowest BCUT2D eigenvalue weighted by Gasteiger charge is -2.15. The average molecular weight is 437 g/mol. The molecule has 22 heavy (non-hydrogen) atoms. The normalized spacial score (nSPS) is 12.0. The molecule has 1 atom stereocenters. The van der Waals surface area contributed by atoms with Crippen molar-refractivity contribution < 1.29 is 4.79 Å². The molecule has 0 bridgehead atoms. The van der Waals surface area contributed by atoms with Crippen LogP contribution in [-0.4, -0.2) is 55.5 Å². The number of amides is 1. The number of halogens is 1. The summed E-state index contributed by atoms with van der Waals surface area (Å²) >= 11 is 1.63. The molecule has 1 unspecified atom stereocenters. The van der Waals surface area contributed by atoms with Crippen LogP contribution >= 0.6 is 35.3 Å². The number of hydrogen-bond donors (Lipinski definition) is 2.